The van der Waals surface area contributed by atoms with Gasteiger partial charge in [-0.05, 0) is 44.0 Å². The van der Waals surface area contributed by atoms with E-state index in [0.29, 0.717) is 11.8 Å². The first-order valence-corrected chi connectivity index (χ1v) is 9.17. The molecule has 2 aromatic rings. The highest BCUT2D eigenvalue weighted by Gasteiger charge is 2.20. The molecular formula is C16H18N4O6S. The molecule has 1 aromatic carbocycles. The maximum absolute atomic E-state index is 12.5. The summed E-state index contributed by atoms with van der Waals surface area (Å²) < 4.78 is 33.5. The Balaban J connectivity index is 2.76. The summed E-state index contributed by atoms with van der Waals surface area (Å²) in [5.41, 5.74) is 5.06. The molecule has 0 saturated heterocycles. The van der Waals surface area contributed by atoms with E-state index < -0.39 is 26.5 Å². The quantitative estimate of drug-likeness (QED) is 0.303. The highest BCUT2D eigenvalue weighted by molar-refractivity contribution is 7.86. The van der Waals surface area contributed by atoms with Crippen molar-refractivity contribution in [1.29, 1.82) is 0 Å². The third-order valence-corrected chi connectivity index (χ3v) is 4.90. The standard InChI is InChI=1S/C16H18N4O6S/c1-4-20-15(22)10(7-21)9(3)14(16(20)23)19-18-12-6-11(17)8(2)5-13(12)27(24,25)26/h5-7,22H,4,17H2,1-3H3,(H,24,25,26). The second kappa shape index (κ2) is 7.29. The lowest BCUT2D eigenvalue weighted by molar-refractivity contribution is 0.111. The first-order valence-electron chi connectivity index (χ1n) is 7.73. The molecule has 0 radical (unpaired) electrons. The molecule has 0 aliphatic heterocycles. The molecule has 0 saturated carbocycles. The van der Waals surface area contributed by atoms with Crippen molar-refractivity contribution in [3.8, 4) is 5.88 Å². The van der Waals surface area contributed by atoms with Crippen LogP contribution in [0.1, 0.15) is 28.4 Å². The number of azo groups is 1. The molecule has 2 rings (SSSR count). The molecule has 27 heavy (non-hydrogen) atoms. The Bertz CT molecular complexity index is 1120. The second-order valence-corrected chi connectivity index (χ2v) is 7.12. The highest BCUT2D eigenvalue weighted by atomic mass is 32.2. The number of aryl methyl sites for hydroxylation is 1. The van der Waals surface area contributed by atoms with E-state index in [2.05, 4.69) is 10.2 Å². The third-order valence-electron chi connectivity index (χ3n) is 4.02. The summed E-state index contributed by atoms with van der Waals surface area (Å²) in [7, 11) is -4.62. The molecule has 4 N–H and O–H groups in total. The molecule has 0 fully saturated rings. The van der Waals surface area contributed by atoms with Gasteiger partial charge in [0.2, 0.25) is 5.88 Å². The highest BCUT2D eigenvalue weighted by Crippen LogP contribution is 2.32. The van der Waals surface area contributed by atoms with Crippen LogP contribution in [-0.2, 0) is 16.7 Å². The number of nitrogens with two attached hydrogens (primary N) is 1. The maximum Gasteiger partial charge on any atom is 0.296 e. The van der Waals surface area contributed by atoms with Gasteiger partial charge < -0.3 is 10.8 Å². The van der Waals surface area contributed by atoms with Crippen molar-refractivity contribution in [3.63, 3.8) is 0 Å². The van der Waals surface area contributed by atoms with Crippen LogP contribution >= 0.6 is 0 Å². The van der Waals surface area contributed by atoms with Crippen molar-refractivity contribution < 1.29 is 22.9 Å². The van der Waals surface area contributed by atoms with Gasteiger partial charge >= 0.3 is 0 Å². The molecule has 0 aliphatic carbocycles. The van der Waals surface area contributed by atoms with Gasteiger partial charge in [0.15, 0.2) is 12.0 Å². The van der Waals surface area contributed by atoms with Gasteiger partial charge in [0, 0.05) is 12.2 Å². The van der Waals surface area contributed by atoms with E-state index in [9.17, 15) is 27.7 Å². The number of carbonyl (C=O) groups is 1. The Morgan fingerprint density at radius 2 is 1.89 bits per heavy atom. The van der Waals surface area contributed by atoms with E-state index >= 15 is 0 Å². The Morgan fingerprint density at radius 3 is 2.41 bits per heavy atom. The lowest BCUT2D eigenvalue weighted by Crippen LogP contribution is -2.21. The normalized spacial score (nSPS) is 11.9. The van der Waals surface area contributed by atoms with E-state index in [1.165, 1.54) is 13.0 Å². The van der Waals surface area contributed by atoms with Crippen molar-refractivity contribution in [2.45, 2.75) is 32.2 Å². The van der Waals surface area contributed by atoms with Crippen LogP contribution in [-0.4, -0.2) is 28.9 Å². The minimum atomic E-state index is -4.62. The van der Waals surface area contributed by atoms with Crippen LogP contribution in [0.4, 0.5) is 17.1 Å². The molecule has 0 amide bonds. The predicted molar refractivity (Wildman–Crippen MR) is 97.7 cm³/mol. The number of nitrogens with zero attached hydrogens (tertiary/aromatic N) is 3. The Kier molecular flexibility index (Phi) is 5.47. The van der Waals surface area contributed by atoms with Crippen molar-refractivity contribution in [2.24, 2.45) is 10.2 Å². The lowest BCUT2D eigenvalue weighted by atomic mass is 10.1. The summed E-state index contributed by atoms with van der Waals surface area (Å²) in [4.78, 5) is 23.2. The number of benzene rings is 1. The number of pyridine rings is 1. The van der Waals surface area contributed by atoms with Crippen molar-refractivity contribution in [3.05, 3.63) is 39.2 Å². The van der Waals surface area contributed by atoms with Crippen LogP contribution in [0, 0.1) is 13.8 Å². The Hall–Kier alpha value is -3.05. The SMILES string of the molecule is CCn1c(O)c(C=O)c(C)c(N=Nc2cc(N)c(C)cc2S(=O)(=O)O)c1=O. The molecule has 0 atom stereocenters. The number of aromatic nitrogens is 1. The van der Waals surface area contributed by atoms with Gasteiger partial charge in [0.25, 0.3) is 15.7 Å². The van der Waals surface area contributed by atoms with Gasteiger partial charge in [-0.25, -0.2) is 0 Å². The molecule has 144 valence electrons. The van der Waals surface area contributed by atoms with E-state index in [4.69, 9.17) is 5.73 Å². The number of hydrogen-bond donors (Lipinski definition) is 3. The van der Waals surface area contributed by atoms with E-state index in [1.54, 1.807) is 13.8 Å². The number of carbonyl (C=O) groups excluding carboxylic acids is 1. The van der Waals surface area contributed by atoms with Gasteiger partial charge in [-0.3, -0.25) is 18.7 Å². The van der Waals surface area contributed by atoms with Gasteiger partial charge in [-0.2, -0.15) is 8.42 Å². The topological polar surface area (TPSA) is 164 Å². The minimum Gasteiger partial charge on any atom is -0.494 e. The van der Waals surface area contributed by atoms with Crippen LogP contribution in [0.2, 0.25) is 0 Å². The number of aromatic hydroxyl groups is 1. The molecule has 11 heteroatoms. The molecule has 0 spiro atoms. The predicted octanol–water partition coefficient (Wildman–Crippen LogP) is 2.25. The van der Waals surface area contributed by atoms with Gasteiger partial charge in [-0.15, -0.1) is 10.2 Å². The number of rotatable bonds is 5. The molecular weight excluding hydrogens is 376 g/mol. The fourth-order valence-electron chi connectivity index (χ4n) is 2.45. The third kappa shape index (κ3) is 3.73. The summed E-state index contributed by atoms with van der Waals surface area (Å²) >= 11 is 0. The van der Waals surface area contributed by atoms with E-state index in [0.717, 1.165) is 10.6 Å². The first kappa shape index (κ1) is 20.3. The zero-order valence-electron chi connectivity index (χ0n) is 14.8. The summed E-state index contributed by atoms with van der Waals surface area (Å²) in [6.45, 7) is 4.60. The van der Waals surface area contributed by atoms with Crippen LogP contribution in [0.5, 0.6) is 5.88 Å². The van der Waals surface area contributed by atoms with E-state index in [-0.39, 0.29) is 34.7 Å². The molecule has 10 nitrogen and oxygen atoms in total. The Morgan fingerprint density at radius 1 is 1.26 bits per heavy atom. The van der Waals surface area contributed by atoms with E-state index in [1.807, 2.05) is 0 Å². The molecule has 1 aromatic heterocycles. The summed E-state index contributed by atoms with van der Waals surface area (Å²) in [6.07, 6.45) is 0.378. The monoisotopic (exact) mass is 394 g/mol. The summed E-state index contributed by atoms with van der Waals surface area (Å²) in [6, 6.07) is 2.32. The number of aldehydes is 1. The minimum absolute atomic E-state index is 0.0715. The van der Waals surface area contributed by atoms with Crippen molar-refractivity contribution in [2.75, 3.05) is 5.73 Å². The lowest BCUT2D eigenvalue weighted by Gasteiger charge is -2.11. The fraction of sp³-hybridized carbons (Fsp3) is 0.250. The number of anilines is 1. The molecule has 0 aliphatic rings. The Labute approximate surface area is 154 Å². The molecule has 0 bridgehead atoms. The van der Waals surface area contributed by atoms with Crippen LogP contribution < -0.4 is 11.3 Å². The van der Waals surface area contributed by atoms with Gasteiger partial charge in [0.1, 0.15) is 10.6 Å². The second-order valence-electron chi connectivity index (χ2n) is 5.73. The van der Waals surface area contributed by atoms with Crippen LogP contribution in [0.15, 0.2) is 32.1 Å². The zero-order chi connectivity index (χ0) is 20.5. The van der Waals surface area contributed by atoms with Crippen LogP contribution in [0.25, 0.3) is 0 Å². The first-order chi connectivity index (χ1) is 12.5. The molecule has 0 unspecified atom stereocenters. The largest absolute Gasteiger partial charge is 0.494 e. The zero-order valence-corrected chi connectivity index (χ0v) is 15.6. The van der Waals surface area contributed by atoms with Gasteiger partial charge in [0.05, 0.1) is 5.56 Å². The summed E-state index contributed by atoms with van der Waals surface area (Å²) in [5.74, 6) is -0.493. The summed E-state index contributed by atoms with van der Waals surface area (Å²) in [5, 5.41) is 17.5. The number of hydrogen-bond acceptors (Lipinski definition) is 8. The van der Waals surface area contributed by atoms with Crippen molar-refractivity contribution in [1.82, 2.24) is 4.57 Å². The molecule has 1 heterocycles. The maximum atomic E-state index is 12.5. The van der Waals surface area contributed by atoms with Crippen molar-refractivity contribution >= 4 is 33.5 Å². The fourth-order valence-corrected chi connectivity index (χ4v) is 3.14. The van der Waals surface area contributed by atoms with Gasteiger partial charge in [-0.1, -0.05) is 0 Å². The van der Waals surface area contributed by atoms with Crippen LogP contribution in [0.3, 0.4) is 0 Å². The average Bonchev–Trinajstić information content (AvgIpc) is 2.57. The average molecular weight is 394 g/mol. The number of nitrogen functional groups attached to an aromatic ring is 1. The smallest absolute Gasteiger partial charge is 0.296 e.